The summed E-state index contributed by atoms with van der Waals surface area (Å²) >= 11 is 0. The number of hydrogen-bond acceptors (Lipinski definition) is 4. The smallest absolute Gasteiger partial charge is 0.242 e. The molecule has 3 aliphatic rings. The summed E-state index contributed by atoms with van der Waals surface area (Å²) in [7, 11) is 0. The van der Waals surface area contributed by atoms with Crippen molar-refractivity contribution in [2.75, 3.05) is 45.8 Å². The number of rotatable bonds is 3. The maximum Gasteiger partial charge on any atom is 0.242 e. The van der Waals surface area contributed by atoms with Crippen LogP contribution < -0.4 is 5.73 Å². The van der Waals surface area contributed by atoms with Gasteiger partial charge in [0.15, 0.2) is 0 Å². The minimum absolute atomic E-state index is 0.121. The average Bonchev–Trinajstić information content (AvgIpc) is 3.19. The molecule has 22 heavy (non-hydrogen) atoms. The Morgan fingerprint density at radius 3 is 2.00 bits per heavy atom. The molecule has 6 nitrogen and oxygen atoms in total. The van der Waals surface area contributed by atoms with Crippen molar-refractivity contribution < 1.29 is 9.59 Å². The second kappa shape index (κ2) is 6.54. The molecule has 3 fully saturated rings. The summed E-state index contributed by atoms with van der Waals surface area (Å²) < 4.78 is 0. The molecule has 0 bridgehead atoms. The van der Waals surface area contributed by atoms with Gasteiger partial charge in [-0.25, -0.2) is 0 Å². The largest absolute Gasteiger partial charge is 0.342 e. The Morgan fingerprint density at radius 1 is 0.818 bits per heavy atom. The fourth-order valence-electron chi connectivity index (χ4n) is 3.90. The first-order valence-corrected chi connectivity index (χ1v) is 8.67. The molecule has 3 rings (SSSR count). The van der Waals surface area contributed by atoms with E-state index in [0.717, 1.165) is 64.7 Å². The highest BCUT2D eigenvalue weighted by molar-refractivity contribution is 5.86. The SMILES string of the molecule is NC1(C(=O)N2CCN(CC(=O)N3CCCC3)CC2)CCCC1. The van der Waals surface area contributed by atoms with Crippen molar-refractivity contribution >= 4 is 11.8 Å². The third-order valence-electron chi connectivity index (χ3n) is 5.40. The van der Waals surface area contributed by atoms with E-state index >= 15 is 0 Å². The van der Waals surface area contributed by atoms with Gasteiger partial charge in [0.2, 0.25) is 11.8 Å². The zero-order valence-electron chi connectivity index (χ0n) is 13.4. The molecule has 0 radical (unpaired) electrons. The lowest BCUT2D eigenvalue weighted by Crippen LogP contribution is -2.59. The highest BCUT2D eigenvalue weighted by atomic mass is 16.2. The van der Waals surface area contributed by atoms with Crippen LogP contribution in [0.1, 0.15) is 38.5 Å². The Labute approximate surface area is 132 Å². The van der Waals surface area contributed by atoms with Gasteiger partial charge in [-0.2, -0.15) is 0 Å². The highest BCUT2D eigenvalue weighted by Gasteiger charge is 2.40. The molecule has 0 aromatic heterocycles. The second-order valence-electron chi connectivity index (χ2n) is 7.02. The van der Waals surface area contributed by atoms with Crippen LogP contribution >= 0.6 is 0 Å². The zero-order valence-corrected chi connectivity index (χ0v) is 13.4. The molecule has 0 aromatic rings. The van der Waals surface area contributed by atoms with Crippen molar-refractivity contribution in [3.63, 3.8) is 0 Å². The summed E-state index contributed by atoms with van der Waals surface area (Å²) in [6.45, 7) is 5.27. The predicted molar refractivity (Wildman–Crippen MR) is 84.2 cm³/mol. The number of piperazine rings is 1. The molecule has 0 aromatic carbocycles. The first kappa shape index (κ1) is 15.7. The number of carbonyl (C=O) groups excluding carboxylic acids is 2. The summed E-state index contributed by atoms with van der Waals surface area (Å²) in [5, 5.41) is 0. The molecule has 2 saturated heterocycles. The van der Waals surface area contributed by atoms with Crippen molar-refractivity contribution in [2.24, 2.45) is 5.73 Å². The van der Waals surface area contributed by atoms with Gasteiger partial charge in [-0.1, -0.05) is 12.8 Å². The van der Waals surface area contributed by atoms with Gasteiger partial charge in [0.25, 0.3) is 0 Å². The van der Waals surface area contributed by atoms with Gasteiger partial charge in [-0.05, 0) is 25.7 Å². The quantitative estimate of drug-likeness (QED) is 0.798. The molecule has 2 N–H and O–H groups in total. The van der Waals surface area contributed by atoms with Crippen LogP contribution in [0.15, 0.2) is 0 Å². The summed E-state index contributed by atoms with van der Waals surface area (Å²) in [6, 6.07) is 0. The van der Waals surface area contributed by atoms with Crippen molar-refractivity contribution in [2.45, 2.75) is 44.1 Å². The topological polar surface area (TPSA) is 69.9 Å². The Balaban J connectivity index is 1.46. The fraction of sp³-hybridized carbons (Fsp3) is 0.875. The summed E-state index contributed by atoms with van der Waals surface area (Å²) in [5.74, 6) is 0.360. The van der Waals surface area contributed by atoms with E-state index in [2.05, 4.69) is 4.90 Å². The monoisotopic (exact) mass is 308 g/mol. The number of nitrogens with zero attached hydrogens (tertiary/aromatic N) is 3. The predicted octanol–water partition coefficient (Wildman–Crippen LogP) is 0.0245. The zero-order chi connectivity index (χ0) is 15.6. The van der Waals surface area contributed by atoms with Crippen LogP contribution in [0, 0.1) is 0 Å². The third kappa shape index (κ3) is 3.27. The van der Waals surface area contributed by atoms with Gasteiger partial charge in [-0.15, -0.1) is 0 Å². The van der Waals surface area contributed by atoms with Crippen LogP contribution in [-0.2, 0) is 9.59 Å². The number of carbonyl (C=O) groups is 2. The first-order valence-electron chi connectivity index (χ1n) is 8.67. The van der Waals surface area contributed by atoms with E-state index in [9.17, 15) is 9.59 Å². The summed E-state index contributed by atoms with van der Waals surface area (Å²) in [4.78, 5) is 30.8. The van der Waals surface area contributed by atoms with Gasteiger partial charge in [0, 0.05) is 39.3 Å². The Morgan fingerprint density at radius 2 is 1.41 bits per heavy atom. The molecule has 0 spiro atoms. The van der Waals surface area contributed by atoms with E-state index in [4.69, 9.17) is 5.73 Å². The van der Waals surface area contributed by atoms with Crippen LogP contribution in [0.3, 0.4) is 0 Å². The van der Waals surface area contributed by atoms with E-state index in [0.29, 0.717) is 19.6 Å². The van der Waals surface area contributed by atoms with Crippen molar-refractivity contribution in [3.8, 4) is 0 Å². The van der Waals surface area contributed by atoms with Crippen LogP contribution in [0.5, 0.6) is 0 Å². The average molecular weight is 308 g/mol. The van der Waals surface area contributed by atoms with E-state index in [1.807, 2.05) is 9.80 Å². The van der Waals surface area contributed by atoms with Gasteiger partial charge in [0.1, 0.15) is 0 Å². The van der Waals surface area contributed by atoms with Crippen molar-refractivity contribution in [1.82, 2.24) is 14.7 Å². The van der Waals surface area contributed by atoms with Crippen LogP contribution in [0.4, 0.5) is 0 Å². The van der Waals surface area contributed by atoms with E-state index in [-0.39, 0.29) is 11.8 Å². The molecule has 2 amide bonds. The molecule has 124 valence electrons. The molecule has 2 aliphatic heterocycles. The molecule has 0 unspecified atom stereocenters. The molecule has 6 heteroatoms. The summed E-state index contributed by atoms with van der Waals surface area (Å²) in [6.07, 6.45) is 6.03. The minimum Gasteiger partial charge on any atom is -0.342 e. The van der Waals surface area contributed by atoms with E-state index in [1.54, 1.807) is 0 Å². The van der Waals surface area contributed by atoms with Crippen molar-refractivity contribution in [3.05, 3.63) is 0 Å². The van der Waals surface area contributed by atoms with Gasteiger partial charge < -0.3 is 15.5 Å². The molecular weight excluding hydrogens is 280 g/mol. The van der Waals surface area contributed by atoms with Gasteiger partial charge in [0.05, 0.1) is 12.1 Å². The first-order chi connectivity index (χ1) is 10.6. The minimum atomic E-state index is -0.618. The van der Waals surface area contributed by atoms with Crippen LogP contribution in [0.2, 0.25) is 0 Å². The lowest BCUT2D eigenvalue weighted by Gasteiger charge is -2.38. The van der Waals surface area contributed by atoms with E-state index in [1.165, 1.54) is 0 Å². The normalized spacial score (nSPS) is 25.7. The standard InChI is InChI=1S/C16H28N4O2/c17-16(5-1-2-6-16)15(22)20-11-9-18(10-12-20)13-14(21)19-7-3-4-8-19/h1-13,17H2. The lowest BCUT2D eigenvalue weighted by atomic mass is 9.97. The van der Waals surface area contributed by atoms with Crippen LogP contribution in [-0.4, -0.2) is 77.9 Å². The Kier molecular flexibility index (Phi) is 4.68. The Hall–Kier alpha value is -1.14. The molecular formula is C16H28N4O2. The molecule has 1 aliphatic carbocycles. The summed E-state index contributed by atoms with van der Waals surface area (Å²) in [5.41, 5.74) is 5.65. The van der Waals surface area contributed by atoms with Gasteiger partial charge in [-0.3, -0.25) is 14.5 Å². The maximum absolute atomic E-state index is 12.6. The van der Waals surface area contributed by atoms with Gasteiger partial charge >= 0.3 is 0 Å². The molecule has 2 heterocycles. The molecule has 0 atom stereocenters. The Bertz CT molecular complexity index is 420. The van der Waals surface area contributed by atoms with Crippen molar-refractivity contribution in [1.29, 1.82) is 0 Å². The molecule has 1 saturated carbocycles. The number of nitrogens with two attached hydrogens (primary N) is 1. The lowest BCUT2D eigenvalue weighted by molar-refractivity contribution is -0.139. The number of hydrogen-bond donors (Lipinski definition) is 1. The second-order valence-corrected chi connectivity index (χ2v) is 7.02. The fourth-order valence-corrected chi connectivity index (χ4v) is 3.90. The number of amides is 2. The van der Waals surface area contributed by atoms with Crippen LogP contribution in [0.25, 0.3) is 0 Å². The van der Waals surface area contributed by atoms with E-state index < -0.39 is 5.54 Å². The highest BCUT2D eigenvalue weighted by Crippen LogP contribution is 2.29. The number of likely N-dealkylation sites (tertiary alicyclic amines) is 1. The third-order valence-corrected chi connectivity index (χ3v) is 5.40. The maximum atomic E-state index is 12.6.